The van der Waals surface area contributed by atoms with Crippen molar-refractivity contribution in [1.29, 1.82) is 0 Å². The van der Waals surface area contributed by atoms with Crippen molar-refractivity contribution in [3.05, 3.63) is 0 Å². The van der Waals surface area contributed by atoms with Gasteiger partial charge in [-0.15, -0.1) is 0 Å². The summed E-state index contributed by atoms with van der Waals surface area (Å²) in [7, 11) is 4.55. The predicted octanol–water partition coefficient (Wildman–Crippen LogP) is 1.92. The van der Waals surface area contributed by atoms with Crippen LogP contribution in [0.15, 0.2) is 0 Å². The Bertz CT molecular complexity index is 261. The summed E-state index contributed by atoms with van der Waals surface area (Å²) in [6, 6.07) is 1.42. The topological polar surface area (TPSA) is 32.5 Å². The van der Waals surface area contributed by atoms with Crippen LogP contribution in [-0.4, -0.2) is 54.6 Å². The van der Waals surface area contributed by atoms with Gasteiger partial charge >= 0.3 is 0 Å². The molecular formula is C15H31N3. The third kappa shape index (κ3) is 2.59. The van der Waals surface area contributed by atoms with Crippen molar-refractivity contribution in [2.75, 3.05) is 27.2 Å². The molecule has 0 spiro atoms. The highest BCUT2D eigenvalue weighted by molar-refractivity contribution is 5.03. The Hall–Kier alpha value is -0.120. The van der Waals surface area contributed by atoms with Gasteiger partial charge in [-0.1, -0.05) is 6.92 Å². The Balaban J connectivity index is 2.04. The van der Waals surface area contributed by atoms with Crippen molar-refractivity contribution in [2.45, 2.75) is 63.6 Å². The fraction of sp³-hybridized carbons (Fsp3) is 1.00. The number of nitrogens with zero attached hydrogens (tertiary/aromatic N) is 2. The van der Waals surface area contributed by atoms with Crippen molar-refractivity contribution in [3.8, 4) is 0 Å². The third-order valence-electron chi connectivity index (χ3n) is 5.63. The molecule has 1 heterocycles. The van der Waals surface area contributed by atoms with E-state index in [-0.39, 0.29) is 5.54 Å². The highest BCUT2D eigenvalue weighted by atomic mass is 15.3. The van der Waals surface area contributed by atoms with Gasteiger partial charge < -0.3 is 10.6 Å². The molecule has 2 rings (SSSR count). The van der Waals surface area contributed by atoms with Gasteiger partial charge in [0, 0.05) is 30.7 Å². The standard InChI is InChI=1S/C15H31N3/c1-12-5-7-14(8-6-12)18(4)15(10-16)9-13(2)17(3)11-15/h12-14H,5-11,16H2,1-4H3. The second kappa shape index (κ2) is 5.48. The van der Waals surface area contributed by atoms with Crippen LogP contribution in [0.25, 0.3) is 0 Å². The first-order valence-corrected chi connectivity index (χ1v) is 7.62. The van der Waals surface area contributed by atoms with Gasteiger partial charge in [-0.3, -0.25) is 4.90 Å². The molecule has 0 amide bonds. The van der Waals surface area contributed by atoms with E-state index in [1.165, 1.54) is 32.1 Å². The maximum Gasteiger partial charge on any atom is 0.0473 e. The lowest BCUT2D eigenvalue weighted by atomic mass is 9.83. The SMILES string of the molecule is CC1CCC(N(C)C2(CN)CC(C)N(C)C2)CC1. The molecule has 106 valence electrons. The summed E-state index contributed by atoms with van der Waals surface area (Å²) in [6.45, 7) is 6.64. The molecule has 0 bridgehead atoms. The highest BCUT2D eigenvalue weighted by Crippen LogP contribution is 2.35. The lowest BCUT2D eigenvalue weighted by Crippen LogP contribution is -2.57. The summed E-state index contributed by atoms with van der Waals surface area (Å²) in [4.78, 5) is 5.10. The molecule has 0 aromatic heterocycles. The van der Waals surface area contributed by atoms with E-state index < -0.39 is 0 Å². The molecule has 1 aliphatic carbocycles. The van der Waals surface area contributed by atoms with Crippen LogP contribution in [0, 0.1) is 5.92 Å². The second-order valence-corrected chi connectivity index (χ2v) is 6.92. The minimum atomic E-state index is 0.222. The van der Waals surface area contributed by atoms with Crippen molar-refractivity contribution >= 4 is 0 Å². The molecule has 1 aliphatic heterocycles. The Kier molecular flexibility index (Phi) is 4.35. The molecular weight excluding hydrogens is 222 g/mol. The molecule has 0 aromatic rings. The van der Waals surface area contributed by atoms with Gasteiger partial charge in [0.1, 0.15) is 0 Å². The van der Waals surface area contributed by atoms with Crippen molar-refractivity contribution in [3.63, 3.8) is 0 Å². The molecule has 1 saturated heterocycles. The average molecular weight is 253 g/mol. The largest absolute Gasteiger partial charge is 0.329 e. The van der Waals surface area contributed by atoms with Gasteiger partial charge in [0.25, 0.3) is 0 Å². The van der Waals surface area contributed by atoms with Crippen LogP contribution < -0.4 is 5.73 Å². The van der Waals surface area contributed by atoms with Crippen LogP contribution in [0.2, 0.25) is 0 Å². The van der Waals surface area contributed by atoms with Crippen molar-refractivity contribution in [1.82, 2.24) is 9.80 Å². The van der Waals surface area contributed by atoms with Gasteiger partial charge in [-0.25, -0.2) is 0 Å². The summed E-state index contributed by atoms with van der Waals surface area (Å²) >= 11 is 0. The lowest BCUT2D eigenvalue weighted by Gasteiger charge is -2.45. The van der Waals surface area contributed by atoms with E-state index in [1.54, 1.807) is 0 Å². The Labute approximate surface area is 113 Å². The predicted molar refractivity (Wildman–Crippen MR) is 77.7 cm³/mol. The zero-order chi connectivity index (χ0) is 13.3. The van der Waals surface area contributed by atoms with Crippen molar-refractivity contribution in [2.24, 2.45) is 11.7 Å². The number of nitrogens with two attached hydrogens (primary N) is 1. The summed E-state index contributed by atoms with van der Waals surface area (Å²) in [5.41, 5.74) is 6.38. The van der Waals surface area contributed by atoms with E-state index in [0.29, 0.717) is 6.04 Å². The molecule has 18 heavy (non-hydrogen) atoms. The molecule has 2 atom stereocenters. The fourth-order valence-electron chi connectivity index (χ4n) is 3.95. The Morgan fingerprint density at radius 3 is 2.28 bits per heavy atom. The summed E-state index contributed by atoms with van der Waals surface area (Å²) in [6.07, 6.45) is 6.72. The molecule has 0 radical (unpaired) electrons. The van der Waals surface area contributed by atoms with Gasteiger partial charge in [0.2, 0.25) is 0 Å². The molecule has 2 fully saturated rings. The van der Waals surface area contributed by atoms with E-state index in [2.05, 4.69) is 37.7 Å². The zero-order valence-electron chi connectivity index (χ0n) is 12.7. The quantitative estimate of drug-likeness (QED) is 0.834. The number of likely N-dealkylation sites (tertiary alicyclic amines) is 1. The minimum absolute atomic E-state index is 0.222. The van der Waals surface area contributed by atoms with Gasteiger partial charge in [-0.2, -0.15) is 0 Å². The van der Waals surface area contributed by atoms with Crippen LogP contribution in [0.5, 0.6) is 0 Å². The smallest absolute Gasteiger partial charge is 0.0473 e. The number of rotatable bonds is 3. The van der Waals surface area contributed by atoms with E-state index in [9.17, 15) is 0 Å². The van der Waals surface area contributed by atoms with Crippen molar-refractivity contribution < 1.29 is 0 Å². The van der Waals surface area contributed by atoms with Crippen LogP contribution in [0.1, 0.15) is 46.0 Å². The molecule has 3 heteroatoms. The van der Waals surface area contributed by atoms with Crippen LogP contribution in [0.4, 0.5) is 0 Å². The first kappa shape index (κ1) is 14.3. The average Bonchev–Trinajstić information content (AvgIpc) is 2.66. The third-order valence-corrected chi connectivity index (χ3v) is 5.63. The van der Waals surface area contributed by atoms with Crippen LogP contribution in [0.3, 0.4) is 0 Å². The summed E-state index contributed by atoms with van der Waals surface area (Å²) in [5, 5.41) is 0. The monoisotopic (exact) mass is 253 g/mol. The summed E-state index contributed by atoms with van der Waals surface area (Å²) < 4.78 is 0. The fourth-order valence-corrected chi connectivity index (χ4v) is 3.95. The maximum absolute atomic E-state index is 6.16. The first-order valence-electron chi connectivity index (χ1n) is 7.62. The molecule has 0 aromatic carbocycles. The van der Waals surface area contributed by atoms with Gasteiger partial charge in [0.05, 0.1) is 0 Å². The molecule has 2 aliphatic rings. The van der Waals surface area contributed by atoms with Crippen LogP contribution in [-0.2, 0) is 0 Å². The summed E-state index contributed by atoms with van der Waals surface area (Å²) in [5.74, 6) is 0.925. The molecule has 2 N–H and O–H groups in total. The molecule has 2 unspecified atom stereocenters. The van der Waals surface area contributed by atoms with E-state index in [4.69, 9.17) is 5.73 Å². The number of likely N-dealkylation sites (N-methyl/N-ethyl adjacent to an activating group) is 2. The highest BCUT2D eigenvalue weighted by Gasteiger charge is 2.45. The van der Waals surface area contributed by atoms with E-state index >= 15 is 0 Å². The van der Waals surface area contributed by atoms with E-state index in [1.807, 2.05) is 0 Å². The van der Waals surface area contributed by atoms with Crippen LogP contribution >= 0.6 is 0 Å². The van der Waals surface area contributed by atoms with Gasteiger partial charge in [0.15, 0.2) is 0 Å². The van der Waals surface area contributed by atoms with Gasteiger partial charge in [-0.05, 0) is 59.0 Å². The number of hydrogen-bond donors (Lipinski definition) is 1. The zero-order valence-corrected chi connectivity index (χ0v) is 12.7. The Morgan fingerprint density at radius 1 is 1.22 bits per heavy atom. The lowest BCUT2D eigenvalue weighted by molar-refractivity contribution is 0.0568. The number of hydrogen-bond acceptors (Lipinski definition) is 3. The minimum Gasteiger partial charge on any atom is -0.329 e. The Morgan fingerprint density at radius 2 is 1.83 bits per heavy atom. The second-order valence-electron chi connectivity index (χ2n) is 6.92. The van der Waals surface area contributed by atoms with E-state index in [0.717, 1.165) is 25.0 Å². The molecule has 3 nitrogen and oxygen atoms in total. The maximum atomic E-state index is 6.16. The molecule has 1 saturated carbocycles. The normalized spacial score (nSPS) is 42.7. The first-order chi connectivity index (χ1) is 8.48.